The zero-order valence-electron chi connectivity index (χ0n) is 12.9. The molecule has 1 N–H and O–H groups in total. The fourth-order valence-electron chi connectivity index (χ4n) is 6.99. The van der Waals surface area contributed by atoms with Crippen LogP contribution in [0.1, 0.15) is 51.4 Å². The SMILES string of the molecule is OC1CCCC2=CCC3C4CC5OCCC5C4CCC3C21. The Morgan fingerprint density at radius 1 is 0.952 bits per heavy atom. The number of ether oxygens (including phenoxy) is 1. The van der Waals surface area contributed by atoms with Crippen molar-refractivity contribution in [3.8, 4) is 0 Å². The molecule has 1 aliphatic heterocycles. The van der Waals surface area contributed by atoms with Crippen LogP contribution in [0, 0.1) is 35.5 Å². The molecule has 1 saturated heterocycles. The van der Waals surface area contributed by atoms with Crippen LogP contribution in [0.4, 0.5) is 0 Å². The Hall–Kier alpha value is -0.340. The number of allylic oxidation sites excluding steroid dienone is 1. The van der Waals surface area contributed by atoms with Crippen molar-refractivity contribution in [1.29, 1.82) is 0 Å². The summed E-state index contributed by atoms with van der Waals surface area (Å²) in [5.74, 6) is 4.85. The first kappa shape index (κ1) is 13.1. The Kier molecular flexibility index (Phi) is 3.02. The Balaban J connectivity index is 1.44. The van der Waals surface area contributed by atoms with Gasteiger partial charge in [-0.25, -0.2) is 0 Å². The van der Waals surface area contributed by atoms with Gasteiger partial charge in [0, 0.05) is 12.5 Å². The minimum atomic E-state index is -0.0495. The second-order valence-electron chi connectivity index (χ2n) is 8.33. The molecule has 8 unspecified atom stereocenters. The predicted octanol–water partition coefficient (Wildman–Crippen LogP) is 3.54. The van der Waals surface area contributed by atoms with Crippen molar-refractivity contribution in [2.75, 3.05) is 6.61 Å². The molecule has 0 aromatic heterocycles. The van der Waals surface area contributed by atoms with E-state index in [2.05, 4.69) is 6.08 Å². The Bertz CT molecular complexity index is 456. The number of hydrogen-bond acceptors (Lipinski definition) is 2. The molecule has 2 nitrogen and oxygen atoms in total. The molecule has 21 heavy (non-hydrogen) atoms. The third kappa shape index (κ3) is 1.84. The molecular formula is C19H28O2. The molecule has 0 amide bonds. The number of rotatable bonds is 0. The monoisotopic (exact) mass is 288 g/mol. The van der Waals surface area contributed by atoms with Crippen LogP contribution in [0.2, 0.25) is 0 Å². The van der Waals surface area contributed by atoms with Gasteiger partial charge in [0.15, 0.2) is 0 Å². The van der Waals surface area contributed by atoms with Crippen molar-refractivity contribution >= 4 is 0 Å². The van der Waals surface area contributed by atoms with Gasteiger partial charge >= 0.3 is 0 Å². The second-order valence-corrected chi connectivity index (χ2v) is 8.33. The first-order valence-corrected chi connectivity index (χ1v) is 9.31. The summed E-state index contributed by atoms with van der Waals surface area (Å²) in [5.41, 5.74) is 1.61. The zero-order chi connectivity index (χ0) is 14.0. The Morgan fingerprint density at radius 2 is 1.86 bits per heavy atom. The minimum Gasteiger partial charge on any atom is -0.392 e. The van der Waals surface area contributed by atoms with Gasteiger partial charge in [-0.3, -0.25) is 0 Å². The van der Waals surface area contributed by atoms with Crippen molar-refractivity contribution in [3.63, 3.8) is 0 Å². The molecule has 0 bridgehead atoms. The lowest BCUT2D eigenvalue weighted by Gasteiger charge is -2.50. The van der Waals surface area contributed by atoms with E-state index < -0.39 is 0 Å². The van der Waals surface area contributed by atoms with Gasteiger partial charge in [0.25, 0.3) is 0 Å². The van der Waals surface area contributed by atoms with Crippen LogP contribution in [0.3, 0.4) is 0 Å². The molecule has 3 saturated carbocycles. The molecule has 1 heterocycles. The summed E-state index contributed by atoms with van der Waals surface area (Å²) < 4.78 is 6.01. The molecule has 4 aliphatic carbocycles. The summed E-state index contributed by atoms with van der Waals surface area (Å²) in [5, 5.41) is 10.6. The fourth-order valence-corrected chi connectivity index (χ4v) is 6.99. The standard InChI is InChI=1S/C19H28O2/c20-17-3-1-2-11-4-5-13-15(19(11)17)7-6-12-14-8-9-21-18(14)10-16(12)13/h4,12-20H,1-3,5-10H2. The van der Waals surface area contributed by atoms with Crippen LogP contribution in [0.15, 0.2) is 11.6 Å². The first-order chi connectivity index (χ1) is 10.3. The van der Waals surface area contributed by atoms with Crippen LogP contribution < -0.4 is 0 Å². The van der Waals surface area contributed by atoms with Crippen molar-refractivity contribution in [1.82, 2.24) is 0 Å². The third-order valence-electron chi connectivity index (χ3n) is 7.72. The summed E-state index contributed by atoms with van der Waals surface area (Å²) >= 11 is 0. The van der Waals surface area contributed by atoms with Crippen LogP contribution >= 0.6 is 0 Å². The largest absolute Gasteiger partial charge is 0.392 e. The van der Waals surface area contributed by atoms with Crippen LogP contribution in [0.25, 0.3) is 0 Å². The van der Waals surface area contributed by atoms with Gasteiger partial charge < -0.3 is 9.84 Å². The van der Waals surface area contributed by atoms with E-state index in [4.69, 9.17) is 4.74 Å². The van der Waals surface area contributed by atoms with E-state index in [9.17, 15) is 5.11 Å². The smallest absolute Gasteiger partial charge is 0.0609 e. The van der Waals surface area contributed by atoms with Crippen molar-refractivity contribution < 1.29 is 9.84 Å². The highest BCUT2D eigenvalue weighted by molar-refractivity contribution is 5.20. The molecule has 2 heteroatoms. The third-order valence-corrected chi connectivity index (χ3v) is 7.72. The second kappa shape index (κ2) is 4.83. The van der Waals surface area contributed by atoms with Crippen LogP contribution in [-0.2, 0) is 4.74 Å². The van der Waals surface area contributed by atoms with Crippen molar-refractivity contribution in [2.45, 2.75) is 63.6 Å². The Morgan fingerprint density at radius 3 is 2.81 bits per heavy atom. The molecular weight excluding hydrogens is 260 g/mol. The summed E-state index contributed by atoms with van der Waals surface area (Å²) in [6, 6.07) is 0. The molecule has 116 valence electrons. The molecule has 5 aliphatic rings. The van der Waals surface area contributed by atoms with E-state index in [-0.39, 0.29) is 6.10 Å². The van der Waals surface area contributed by atoms with E-state index >= 15 is 0 Å². The molecule has 0 aromatic rings. The number of hydrogen-bond donors (Lipinski definition) is 1. The molecule has 0 aromatic carbocycles. The molecule has 0 spiro atoms. The van der Waals surface area contributed by atoms with Gasteiger partial charge in [-0.15, -0.1) is 0 Å². The van der Waals surface area contributed by atoms with E-state index in [0.717, 1.165) is 42.6 Å². The number of aliphatic hydroxyl groups excluding tert-OH is 1. The highest BCUT2D eigenvalue weighted by Gasteiger charge is 2.54. The van der Waals surface area contributed by atoms with E-state index in [1.165, 1.54) is 44.9 Å². The highest BCUT2D eigenvalue weighted by Crippen LogP contribution is 2.59. The zero-order valence-corrected chi connectivity index (χ0v) is 12.9. The molecule has 5 rings (SSSR count). The minimum absolute atomic E-state index is 0.0495. The number of aliphatic hydroxyl groups is 1. The lowest BCUT2D eigenvalue weighted by atomic mass is 9.56. The summed E-state index contributed by atoms with van der Waals surface area (Å²) in [4.78, 5) is 0. The van der Waals surface area contributed by atoms with Gasteiger partial charge in [0.1, 0.15) is 0 Å². The summed E-state index contributed by atoms with van der Waals surface area (Å²) in [7, 11) is 0. The van der Waals surface area contributed by atoms with E-state index in [1.807, 2.05) is 0 Å². The maximum atomic E-state index is 10.6. The lowest BCUT2D eigenvalue weighted by molar-refractivity contribution is -0.0102. The maximum absolute atomic E-state index is 10.6. The highest BCUT2D eigenvalue weighted by atomic mass is 16.5. The topological polar surface area (TPSA) is 29.5 Å². The summed E-state index contributed by atoms with van der Waals surface area (Å²) in [6.07, 6.45) is 13.3. The van der Waals surface area contributed by atoms with Gasteiger partial charge in [0.2, 0.25) is 0 Å². The van der Waals surface area contributed by atoms with Crippen molar-refractivity contribution in [3.05, 3.63) is 11.6 Å². The van der Waals surface area contributed by atoms with Gasteiger partial charge in [0.05, 0.1) is 12.2 Å². The van der Waals surface area contributed by atoms with Gasteiger partial charge in [-0.05, 0) is 81.0 Å². The maximum Gasteiger partial charge on any atom is 0.0609 e. The van der Waals surface area contributed by atoms with Crippen molar-refractivity contribution in [2.24, 2.45) is 35.5 Å². The van der Waals surface area contributed by atoms with Gasteiger partial charge in [-0.1, -0.05) is 11.6 Å². The van der Waals surface area contributed by atoms with Crippen LogP contribution in [0.5, 0.6) is 0 Å². The predicted molar refractivity (Wildman–Crippen MR) is 81.7 cm³/mol. The fraction of sp³-hybridized carbons (Fsp3) is 0.895. The molecule has 4 fully saturated rings. The lowest BCUT2D eigenvalue weighted by Crippen LogP contribution is -2.45. The number of fused-ring (bicyclic) bond motifs is 7. The first-order valence-electron chi connectivity index (χ1n) is 9.31. The molecule has 0 radical (unpaired) electrons. The molecule has 8 atom stereocenters. The van der Waals surface area contributed by atoms with E-state index in [1.54, 1.807) is 5.57 Å². The normalized spacial score (nSPS) is 55.2. The quantitative estimate of drug-likeness (QED) is 0.691. The van der Waals surface area contributed by atoms with E-state index in [0.29, 0.717) is 12.0 Å². The average molecular weight is 288 g/mol. The Labute approximate surface area is 127 Å². The van der Waals surface area contributed by atoms with Crippen LogP contribution in [-0.4, -0.2) is 23.9 Å². The van der Waals surface area contributed by atoms with Gasteiger partial charge in [-0.2, -0.15) is 0 Å². The summed E-state index contributed by atoms with van der Waals surface area (Å²) in [6.45, 7) is 1.01. The average Bonchev–Trinajstić information content (AvgIpc) is 3.07.